The first-order chi connectivity index (χ1) is 17.9. The number of methoxy groups -OCH3 is 3. The maximum Gasteiger partial charge on any atom is 0.407 e. The number of nitrogens with one attached hydrogen (secondary N) is 1. The molecule has 1 atom stereocenters. The number of ether oxygens (including phenoxy) is 4. The van der Waals surface area contributed by atoms with Crippen LogP contribution in [0.3, 0.4) is 0 Å². The van der Waals surface area contributed by atoms with Crippen LogP contribution in [0.15, 0.2) is 36.4 Å². The minimum absolute atomic E-state index is 0.0707. The van der Waals surface area contributed by atoms with Crippen LogP contribution in [-0.2, 0) is 17.8 Å². The molecule has 1 N–H and O–H groups in total. The third kappa shape index (κ3) is 7.44. The Bertz CT molecular complexity index is 1060. The van der Waals surface area contributed by atoms with Gasteiger partial charge >= 0.3 is 12.1 Å². The van der Waals surface area contributed by atoms with E-state index in [4.69, 9.17) is 14.2 Å². The lowest BCUT2D eigenvalue weighted by molar-refractivity contribution is 0.170. The van der Waals surface area contributed by atoms with Crippen LogP contribution in [0.25, 0.3) is 0 Å². The largest absolute Gasteiger partial charge is 0.496 e. The first kappa shape index (κ1) is 28.0. The average Bonchev–Trinajstić information content (AvgIpc) is 2.91. The van der Waals surface area contributed by atoms with Crippen molar-refractivity contribution >= 4 is 17.8 Å². The molecule has 2 aromatic rings. The van der Waals surface area contributed by atoms with Crippen molar-refractivity contribution in [1.82, 2.24) is 10.2 Å². The lowest BCUT2D eigenvalue weighted by Gasteiger charge is -2.39. The van der Waals surface area contributed by atoms with Gasteiger partial charge in [-0.2, -0.15) is 0 Å². The molecule has 37 heavy (non-hydrogen) atoms. The molecule has 0 aromatic heterocycles. The highest BCUT2D eigenvalue weighted by molar-refractivity contribution is 5.93. The molecule has 0 radical (unpaired) electrons. The fraction of sp³-hybridized carbons (Fsp3) is 0.500. The zero-order chi connectivity index (χ0) is 26.8. The summed E-state index contributed by atoms with van der Waals surface area (Å²) < 4.78 is 21.7. The number of amides is 3. The van der Waals surface area contributed by atoms with Crippen molar-refractivity contribution in [3.05, 3.63) is 47.5 Å². The van der Waals surface area contributed by atoms with Crippen molar-refractivity contribution < 1.29 is 28.5 Å². The van der Waals surface area contributed by atoms with E-state index in [0.717, 1.165) is 36.1 Å². The molecule has 1 fully saturated rings. The number of carbonyl (C=O) groups excluding carboxylic acids is 2. The number of unbranched alkanes of at least 4 members (excludes halogenated alkanes) is 2. The Morgan fingerprint density at radius 1 is 1.00 bits per heavy atom. The molecule has 1 unspecified atom stereocenters. The Labute approximate surface area is 219 Å². The number of rotatable bonds is 12. The summed E-state index contributed by atoms with van der Waals surface area (Å²) in [7, 11) is 4.54. The molecule has 0 bridgehead atoms. The molecule has 3 amide bonds. The van der Waals surface area contributed by atoms with Crippen molar-refractivity contribution in [3.8, 4) is 17.2 Å². The second kappa shape index (κ2) is 13.6. The van der Waals surface area contributed by atoms with Gasteiger partial charge in [-0.1, -0.05) is 38.8 Å². The summed E-state index contributed by atoms with van der Waals surface area (Å²) in [6.07, 6.45) is 2.69. The Hall–Kier alpha value is -3.62. The smallest absolute Gasteiger partial charge is 0.407 e. The van der Waals surface area contributed by atoms with E-state index in [1.165, 1.54) is 7.11 Å². The summed E-state index contributed by atoms with van der Waals surface area (Å²) in [5, 5.41) is 2.66. The number of benzene rings is 2. The predicted octanol–water partition coefficient (Wildman–Crippen LogP) is 5.21. The van der Waals surface area contributed by atoms with Crippen molar-refractivity contribution in [1.29, 1.82) is 0 Å². The lowest BCUT2D eigenvalue weighted by Crippen LogP contribution is -2.52. The Balaban J connectivity index is 1.76. The summed E-state index contributed by atoms with van der Waals surface area (Å²) in [6.45, 7) is 6.88. The molecule has 202 valence electrons. The van der Waals surface area contributed by atoms with Gasteiger partial charge in [0.1, 0.15) is 5.75 Å². The number of carbonyl (C=O) groups is 2. The molecule has 0 aliphatic carbocycles. The number of urea groups is 1. The molecule has 1 heterocycles. The highest BCUT2D eigenvalue weighted by Gasteiger charge is 2.31. The molecule has 1 aliphatic rings. The van der Waals surface area contributed by atoms with Crippen molar-refractivity contribution in [2.75, 3.05) is 45.9 Å². The molecule has 1 saturated heterocycles. The van der Waals surface area contributed by atoms with E-state index in [-0.39, 0.29) is 11.9 Å². The first-order valence-corrected chi connectivity index (χ1v) is 12.7. The number of nitrogens with zero attached hydrogens (tertiary/aromatic N) is 2. The Morgan fingerprint density at radius 2 is 1.78 bits per heavy atom. The SMILES string of the molecule is CCCCCOc1cc(N2CC(C)CN(Cc3ccc(CNC(=O)OC)cc3OC)C2=O)ccc1OC. The number of alkyl carbamates (subject to hydrolysis) is 1. The third-order valence-electron chi connectivity index (χ3n) is 6.33. The lowest BCUT2D eigenvalue weighted by atomic mass is 10.1. The minimum atomic E-state index is -0.496. The van der Waals surface area contributed by atoms with Gasteiger partial charge in [0.05, 0.1) is 34.5 Å². The second-order valence-electron chi connectivity index (χ2n) is 9.26. The van der Waals surface area contributed by atoms with Crippen LogP contribution in [0.4, 0.5) is 15.3 Å². The van der Waals surface area contributed by atoms with Gasteiger partial charge in [0, 0.05) is 37.0 Å². The standard InChI is InChI=1S/C28H39N3O6/c1-6-7-8-13-37-26-15-23(11-12-24(26)34-3)31-18-20(2)17-30(28(31)33)19-22-10-9-21(14-25(22)35-4)16-29-27(32)36-5/h9-12,14-15,20H,6-8,13,16-19H2,1-5H3,(H,29,32). The zero-order valence-corrected chi connectivity index (χ0v) is 22.5. The van der Waals surface area contributed by atoms with Gasteiger partial charge in [-0.15, -0.1) is 0 Å². The van der Waals surface area contributed by atoms with E-state index in [2.05, 4.69) is 23.9 Å². The summed E-state index contributed by atoms with van der Waals surface area (Å²) >= 11 is 0. The zero-order valence-electron chi connectivity index (χ0n) is 22.5. The molecule has 0 saturated carbocycles. The van der Waals surface area contributed by atoms with E-state index in [1.54, 1.807) is 19.1 Å². The van der Waals surface area contributed by atoms with Crippen molar-refractivity contribution in [2.45, 2.75) is 46.2 Å². The normalized spacial score (nSPS) is 15.4. The van der Waals surface area contributed by atoms with Crippen LogP contribution in [0.5, 0.6) is 17.2 Å². The van der Waals surface area contributed by atoms with E-state index in [1.807, 2.05) is 41.3 Å². The third-order valence-corrected chi connectivity index (χ3v) is 6.33. The van der Waals surface area contributed by atoms with Crippen LogP contribution < -0.4 is 24.4 Å². The first-order valence-electron chi connectivity index (χ1n) is 12.7. The summed E-state index contributed by atoms with van der Waals surface area (Å²) in [5.41, 5.74) is 2.54. The van der Waals surface area contributed by atoms with E-state index in [9.17, 15) is 9.59 Å². The van der Waals surface area contributed by atoms with Crippen LogP contribution in [0.2, 0.25) is 0 Å². The second-order valence-corrected chi connectivity index (χ2v) is 9.26. The maximum atomic E-state index is 13.6. The predicted molar refractivity (Wildman–Crippen MR) is 143 cm³/mol. The topological polar surface area (TPSA) is 89.6 Å². The molecule has 3 rings (SSSR count). The number of hydrogen-bond donors (Lipinski definition) is 1. The van der Waals surface area contributed by atoms with E-state index in [0.29, 0.717) is 50.0 Å². The highest BCUT2D eigenvalue weighted by Crippen LogP contribution is 2.34. The van der Waals surface area contributed by atoms with Gasteiger partial charge in [-0.25, -0.2) is 9.59 Å². The Kier molecular flexibility index (Phi) is 10.3. The summed E-state index contributed by atoms with van der Waals surface area (Å²) in [5.74, 6) is 2.23. The molecule has 9 nitrogen and oxygen atoms in total. The van der Waals surface area contributed by atoms with Crippen LogP contribution in [0, 0.1) is 5.92 Å². The quantitative estimate of drug-likeness (QED) is 0.392. The number of anilines is 1. The van der Waals surface area contributed by atoms with E-state index >= 15 is 0 Å². The molecular weight excluding hydrogens is 474 g/mol. The molecule has 0 spiro atoms. The van der Waals surface area contributed by atoms with Crippen LogP contribution in [-0.4, -0.2) is 58.1 Å². The molecule has 2 aromatic carbocycles. The monoisotopic (exact) mass is 513 g/mol. The van der Waals surface area contributed by atoms with Crippen molar-refractivity contribution in [2.24, 2.45) is 5.92 Å². The fourth-order valence-corrected chi connectivity index (χ4v) is 4.38. The summed E-state index contributed by atoms with van der Waals surface area (Å²) in [6, 6.07) is 11.3. The highest BCUT2D eigenvalue weighted by atomic mass is 16.5. The van der Waals surface area contributed by atoms with E-state index < -0.39 is 6.09 Å². The van der Waals surface area contributed by atoms with Crippen LogP contribution >= 0.6 is 0 Å². The van der Waals surface area contributed by atoms with Gasteiger partial charge in [0.25, 0.3) is 0 Å². The van der Waals surface area contributed by atoms with Gasteiger partial charge in [0.15, 0.2) is 11.5 Å². The molecule has 9 heteroatoms. The van der Waals surface area contributed by atoms with Gasteiger partial charge in [-0.05, 0) is 36.1 Å². The van der Waals surface area contributed by atoms with Gasteiger partial charge in [0.2, 0.25) is 0 Å². The Morgan fingerprint density at radius 3 is 2.49 bits per heavy atom. The van der Waals surface area contributed by atoms with Crippen LogP contribution in [0.1, 0.15) is 44.2 Å². The van der Waals surface area contributed by atoms with Crippen molar-refractivity contribution in [3.63, 3.8) is 0 Å². The molecular formula is C28H39N3O6. The van der Waals surface area contributed by atoms with Gasteiger partial charge < -0.3 is 29.2 Å². The summed E-state index contributed by atoms with van der Waals surface area (Å²) in [4.78, 5) is 28.6. The minimum Gasteiger partial charge on any atom is -0.496 e. The maximum absolute atomic E-state index is 13.6. The molecule has 1 aliphatic heterocycles. The number of hydrogen-bond acceptors (Lipinski definition) is 6. The fourth-order valence-electron chi connectivity index (χ4n) is 4.38. The average molecular weight is 514 g/mol. The van der Waals surface area contributed by atoms with Gasteiger partial charge in [-0.3, -0.25) is 4.90 Å².